The maximum Gasteiger partial charge on any atom is 0.573 e. The van der Waals surface area contributed by atoms with Crippen LogP contribution in [-0.2, 0) is 6.54 Å². The molecule has 0 aliphatic heterocycles. The summed E-state index contributed by atoms with van der Waals surface area (Å²) in [6.07, 6.45) is -2.34. The maximum absolute atomic E-state index is 12.3. The summed E-state index contributed by atoms with van der Waals surface area (Å²) < 4.78 is 40.9. The average Bonchev–Trinajstić information content (AvgIpc) is 3.34. The topological polar surface area (TPSA) is 37.4 Å². The molecule has 1 saturated carbocycles. The molecule has 1 aromatic heterocycles. The number of halogens is 3. The van der Waals surface area contributed by atoms with Crippen molar-refractivity contribution in [1.82, 2.24) is 15.2 Å². The molecule has 0 bridgehead atoms. The Morgan fingerprint density at radius 2 is 1.96 bits per heavy atom. The molecule has 1 fully saturated rings. The van der Waals surface area contributed by atoms with Crippen molar-refractivity contribution in [2.45, 2.75) is 31.7 Å². The first-order valence-electron chi connectivity index (χ1n) is 8.54. The molecule has 0 amide bonds. The summed E-state index contributed by atoms with van der Waals surface area (Å²) in [6, 6.07) is 5.97. The number of nitrogens with one attached hydrogen (secondary N) is 1. The van der Waals surface area contributed by atoms with Crippen molar-refractivity contribution in [3.63, 3.8) is 0 Å². The van der Waals surface area contributed by atoms with E-state index in [4.69, 9.17) is 4.98 Å². The van der Waals surface area contributed by atoms with Crippen molar-refractivity contribution in [3.05, 3.63) is 34.2 Å². The maximum atomic E-state index is 12.3. The zero-order chi connectivity index (χ0) is 18.7. The molecule has 26 heavy (non-hydrogen) atoms. The second-order valence-electron chi connectivity index (χ2n) is 6.51. The SMILES string of the molecule is CNCCN(C)Cc1sc(C2CC2)nc1-c1ccc(OC(F)(F)F)cc1. The van der Waals surface area contributed by atoms with Crippen molar-refractivity contribution < 1.29 is 17.9 Å². The van der Waals surface area contributed by atoms with Crippen LogP contribution in [0.25, 0.3) is 11.3 Å². The van der Waals surface area contributed by atoms with Crippen molar-refractivity contribution in [3.8, 4) is 17.0 Å². The Balaban J connectivity index is 1.81. The standard InChI is InChI=1S/C18H22F3N3OS/c1-22-9-10-24(2)11-15-16(23-17(26-15)13-3-4-13)12-5-7-14(8-6-12)25-18(19,20)21/h5-8,13,22H,3-4,9-11H2,1-2H3. The van der Waals surface area contributed by atoms with Crippen molar-refractivity contribution in [2.75, 3.05) is 27.2 Å². The molecule has 0 atom stereocenters. The number of ether oxygens (including phenoxy) is 1. The molecule has 1 N–H and O–H groups in total. The molecule has 3 rings (SSSR count). The number of hydrogen-bond acceptors (Lipinski definition) is 5. The molecule has 1 aliphatic carbocycles. The van der Waals surface area contributed by atoms with Crippen LogP contribution in [0, 0.1) is 0 Å². The summed E-state index contributed by atoms with van der Waals surface area (Å²) in [6.45, 7) is 2.57. The number of aromatic nitrogens is 1. The smallest absolute Gasteiger partial charge is 0.406 e. The monoisotopic (exact) mass is 385 g/mol. The van der Waals surface area contributed by atoms with Gasteiger partial charge in [0, 0.05) is 36.0 Å². The van der Waals surface area contributed by atoms with Crippen LogP contribution in [0.4, 0.5) is 13.2 Å². The predicted molar refractivity (Wildman–Crippen MR) is 96.5 cm³/mol. The van der Waals surface area contributed by atoms with Crippen LogP contribution >= 0.6 is 11.3 Å². The van der Waals surface area contributed by atoms with Gasteiger partial charge in [0.05, 0.1) is 10.7 Å². The van der Waals surface area contributed by atoms with Gasteiger partial charge in [-0.3, -0.25) is 4.90 Å². The largest absolute Gasteiger partial charge is 0.573 e. The molecular formula is C18H22F3N3OS. The van der Waals surface area contributed by atoms with Crippen LogP contribution in [0.3, 0.4) is 0 Å². The highest BCUT2D eigenvalue weighted by molar-refractivity contribution is 7.12. The van der Waals surface area contributed by atoms with Crippen LogP contribution in [0.5, 0.6) is 5.75 Å². The first-order chi connectivity index (χ1) is 12.4. The van der Waals surface area contributed by atoms with Crippen molar-refractivity contribution in [2.24, 2.45) is 0 Å². The summed E-state index contributed by atoms with van der Waals surface area (Å²) >= 11 is 1.72. The van der Waals surface area contributed by atoms with Gasteiger partial charge in [-0.2, -0.15) is 0 Å². The molecule has 1 aromatic carbocycles. The average molecular weight is 385 g/mol. The van der Waals surface area contributed by atoms with E-state index in [2.05, 4.69) is 22.0 Å². The number of rotatable bonds is 8. The van der Waals surface area contributed by atoms with E-state index in [1.54, 1.807) is 23.5 Å². The third-order valence-electron chi connectivity index (χ3n) is 4.16. The molecule has 1 heterocycles. The lowest BCUT2D eigenvalue weighted by atomic mass is 10.1. The van der Waals surface area contributed by atoms with Gasteiger partial charge in [-0.15, -0.1) is 24.5 Å². The van der Waals surface area contributed by atoms with Gasteiger partial charge < -0.3 is 10.1 Å². The summed E-state index contributed by atoms with van der Waals surface area (Å²) in [5.41, 5.74) is 1.69. The number of likely N-dealkylation sites (N-methyl/N-ethyl adjacent to an activating group) is 2. The fourth-order valence-electron chi connectivity index (χ4n) is 2.65. The summed E-state index contributed by atoms with van der Waals surface area (Å²) in [5.74, 6) is 0.328. The first-order valence-corrected chi connectivity index (χ1v) is 9.36. The lowest BCUT2D eigenvalue weighted by Crippen LogP contribution is -2.26. The predicted octanol–water partition coefficient (Wildman–Crippen LogP) is 4.24. The van der Waals surface area contributed by atoms with Gasteiger partial charge in [0.1, 0.15) is 5.75 Å². The highest BCUT2D eigenvalue weighted by Gasteiger charge is 2.31. The molecule has 142 valence electrons. The van der Waals surface area contributed by atoms with Crippen LogP contribution in [0.15, 0.2) is 24.3 Å². The third-order valence-corrected chi connectivity index (χ3v) is 5.36. The molecule has 0 radical (unpaired) electrons. The van der Waals surface area contributed by atoms with E-state index in [9.17, 15) is 13.2 Å². The number of hydrogen-bond donors (Lipinski definition) is 1. The zero-order valence-corrected chi connectivity index (χ0v) is 15.6. The van der Waals surface area contributed by atoms with Gasteiger partial charge in [0.15, 0.2) is 0 Å². The quantitative estimate of drug-likeness (QED) is 0.738. The number of benzene rings is 1. The van der Waals surface area contributed by atoms with E-state index in [1.807, 2.05) is 7.05 Å². The van der Waals surface area contributed by atoms with Gasteiger partial charge in [0.25, 0.3) is 0 Å². The summed E-state index contributed by atoms with van der Waals surface area (Å²) in [4.78, 5) is 8.15. The van der Waals surface area contributed by atoms with E-state index in [1.165, 1.54) is 25.0 Å². The Hall–Kier alpha value is -1.64. The number of thiazole rings is 1. The van der Waals surface area contributed by atoms with Crippen LogP contribution in [-0.4, -0.2) is 43.4 Å². The second kappa shape index (κ2) is 7.94. The van der Waals surface area contributed by atoms with E-state index >= 15 is 0 Å². The van der Waals surface area contributed by atoms with Crippen molar-refractivity contribution >= 4 is 11.3 Å². The Kier molecular flexibility index (Phi) is 5.84. The van der Waals surface area contributed by atoms with Gasteiger partial charge >= 0.3 is 6.36 Å². The van der Waals surface area contributed by atoms with Crippen LogP contribution in [0.1, 0.15) is 28.6 Å². The lowest BCUT2D eigenvalue weighted by Gasteiger charge is -2.16. The molecule has 4 nitrogen and oxygen atoms in total. The number of nitrogens with zero attached hydrogens (tertiary/aromatic N) is 2. The normalized spacial score (nSPS) is 14.8. The molecule has 0 saturated heterocycles. The minimum atomic E-state index is -4.68. The molecule has 8 heteroatoms. The van der Waals surface area contributed by atoms with Gasteiger partial charge in [-0.25, -0.2) is 4.98 Å². The van der Waals surface area contributed by atoms with Gasteiger partial charge in [-0.1, -0.05) is 0 Å². The van der Waals surface area contributed by atoms with Crippen molar-refractivity contribution in [1.29, 1.82) is 0 Å². The first kappa shape index (κ1) is 19.1. The van der Waals surface area contributed by atoms with Crippen LogP contribution < -0.4 is 10.1 Å². The van der Waals surface area contributed by atoms with Gasteiger partial charge in [0.2, 0.25) is 0 Å². The zero-order valence-electron chi connectivity index (χ0n) is 14.8. The Labute approximate surface area is 155 Å². The van der Waals surface area contributed by atoms with E-state index < -0.39 is 6.36 Å². The van der Waals surface area contributed by atoms with E-state index in [0.717, 1.165) is 40.8 Å². The Morgan fingerprint density at radius 1 is 1.27 bits per heavy atom. The second-order valence-corrected chi connectivity index (χ2v) is 7.63. The molecule has 0 spiro atoms. The summed E-state index contributed by atoms with van der Waals surface area (Å²) in [7, 11) is 3.97. The Morgan fingerprint density at radius 3 is 2.54 bits per heavy atom. The molecule has 1 aliphatic rings. The fraction of sp³-hybridized carbons (Fsp3) is 0.500. The van der Waals surface area contributed by atoms with Gasteiger partial charge in [-0.05, 0) is 51.2 Å². The third kappa shape index (κ3) is 5.18. The van der Waals surface area contributed by atoms with E-state index in [-0.39, 0.29) is 5.75 Å². The Bertz CT molecular complexity index is 726. The lowest BCUT2D eigenvalue weighted by molar-refractivity contribution is -0.274. The molecule has 2 aromatic rings. The number of alkyl halides is 3. The summed E-state index contributed by atoms with van der Waals surface area (Å²) in [5, 5.41) is 4.26. The molecular weight excluding hydrogens is 363 g/mol. The minimum Gasteiger partial charge on any atom is -0.406 e. The fourth-order valence-corrected chi connectivity index (χ4v) is 3.99. The molecule has 0 unspecified atom stereocenters. The van der Waals surface area contributed by atoms with E-state index in [0.29, 0.717) is 5.92 Å². The minimum absolute atomic E-state index is 0.216. The van der Waals surface area contributed by atoms with Crippen LogP contribution in [0.2, 0.25) is 0 Å². The highest BCUT2D eigenvalue weighted by Crippen LogP contribution is 2.44. The highest BCUT2D eigenvalue weighted by atomic mass is 32.1.